The van der Waals surface area contributed by atoms with Gasteiger partial charge in [-0.2, -0.15) is 0 Å². The summed E-state index contributed by atoms with van der Waals surface area (Å²) in [4.78, 5) is 12.7. The molecule has 26 heavy (non-hydrogen) atoms. The maximum absolute atomic E-state index is 12.5. The number of nitrogens with two attached hydrogens (primary N) is 1. The Morgan fingerprint density at radius 3 is 2.58 bits per heavy atom. The van der Waals surface area contributed by atoms with Crippen molar-refractivity contribution >= 4 is 21.6 Å². The molecule has 2 atom stereocenters. The summed E-state index contributed by atoms with van der Waals surface area (Å²) < 4.78 is 27.4. The second-order valence-electron chi connectivity index (χ2n) is 6.51. The Bertz CT molecular complexity index is 869. The minimum absolute atomic E-state index is 0.0807. The normalized spacial score (nSPS) is 19.9. The smallest absolute Gasteiger partial charge is 0.261 e. The highest BCUT2D eigenvalue weighted by Crippen LogP contribution is 2.25. The van der Waals surface area contributed by atoms with Crippen molar-refractivity contribution in [3.63, 3.8) is 0 Å². The number of sulfonamides is 1. The molecule has 0 saturated heterocycles. The van der Waals surface area contributed by atoms with Gasteiger partial charge in [0.15, 0.2) is 0 Å². The third kappa shape index (κ3) is 4.23. The molecule has 1 aliphatic rings. The zero-order valence-electron chi connectivity index (χ0n) is 14.4. The van der Waals surface area contributed by atoms with Crippen molar-refractivity contribution in [2.24, 2.45) is 11.7 Å². The fourth-order valence-corrected chi connectivity index (χ4v) is 4.37. The average molecular weight is 373 g/mol. The molecule has 138 valence electrons. The standard InChI is InChI=1S/C19H23N3O3S/c20-13-15-7-5-11-18(15)21-19(23)14-6-4-8-16(12-14)22-26(24,25)17-9-2-1-3-10-17/h1-4,6,8-10,12,15,18,22H,5,7,11,13,20H2,(H,21,23). The first-order valence-electron chi connectivity index (χ1n) is 8.68. The second-order valence-corrected chi connectivity index (χ2v) is 8.19. The van der Waals surface area contributed by atoms with E-state index in [0.717, 1.165) is 19.3 Å². The van der Waals surface area contributed by atoms with Crippen molar-refractivity contribution in [1.82, 2.24) is 5.32 Å². The van der Waals surface area contributed by atoms with Gasteiger partial charge in [-0.1, -0.05) is 30.7 Å². The summed E-state index contributed by atoms with van der Waals surface area (Å²) in [6, 6.07) is 14.7. The Morgan fingerprint density at radius 2 is 1.85 bits per heavy atom. The first-order valence-corrected chi connectivity index (χ1v) is 10.2. The molecule has 4 N–H and O–H groups in total. The van der Waals surface area contributed by atoms with E-state index in [4.69, 9.17) is 5.73 Å². The Labute approximate surface area is 153 Å². The van der Waals surface area contributed by atoms with Crippen LogP contribution in [0.5, 0.6) is 0 Å². The van der Waals surface area contributed by atoms with Gasteiger partial charge in [0, 0.05) is 17.3 Å². The fraction of sp³-hybridized carbons (Fsp3) is 0.316. The van der Waals surface area contributed by atoms with E-state index in [1.165, 1.54) is 12.1 Å². The molecule has 0 heterocycles. The van der Waals surface area contributed by atoms with E-state index in [2.05, 4.69) is 10.0 Å². The fourth-order valence-electron chi connectivity index (χ4n) is 3.30. The lowest BCUT2D eigenvalue weighted by atomic mass is 10.0. The molecule has 2 aromatic carbocycles. The summed E-state index contributed by atoms with van der Waals surface area (Å²) in [6.45, 7) is 0.557. The maximum Gasteiger partial charge on any atom is 0.261 e. The molecule has 0 spiro atoms. The summed E-state index contributed by atoms with van der Waals surface area (Å²) in [6.07, 6.45) is 3.01. The van der Waals surface area contributed by atoms with Gasteiger partial charge in [0.25, 0.3) is 15.9 Å². The molecular formula is C19H23N3O3S. The van der Waals surface area contributed by atoms with Gasteiger partial charge >= 0.3 is 0 Å². The first-order chi connectivity index (χ1) is 12.5. The molecule has 1 aliphatic carbocycles. The van der Waals surface area contributed by atoms with Crippen molar-refractivity contribution in [2.45, 2.75) is 30.2 Å². The highest BCUT2D eigenvalue weighted by Gasteiger charge is 2.27. The highest BCUT2D eigenvalue weighted by atomic mass is 32.2. The Hall–Kier alpha value is -2.38. The van der Waals surface area contributed by atoms with Crippen molar-refractivity contribution in [3.8, 4) is 0 Å². The number of hydrogen-bond donors (Lipinski definition) is 3. The lowest BCUT2D eigenvalue weighted by Crippen LogP contribution is -2.39. The third-order valence-electron chi connectivity index (χ3n) is 4.71. The number of rotatable bonds is 6. The lowest BCUT2D eigenvalue weighted by Gasteiger charge is -2.19. The van der Waals surface area contributed by atoms with E-state index in [0.29, 0.717) is 23.7 Å². The van der Waals surface area contributed by atoms with Crippen LogP contribution in [0.2, 0.25) is 0 Å². The van der Waals surface area contributed by atoms with Gasteiger partial charge in [-0.3, -0.25) is 9.52 Å². The predicted molar refractivity (Wildman–Crippen MR) is 101 cm³/mol. The van der Waals surface area contributed by atoms with Crippen LogP contribution in [0, 0.1) is 5.92 Å². The van der Waals surface area contributed by atoms with E-state index in [9.17, 15) is 13.2 Å². The van der Waals surface area contributed by atoms with Gasteiger partial charge < -0.3 is 11.1 Å². The van der Waals surface area contributed by atoms with E-state index >= 15 is 0 Å². The molecular weight excluding hydrogens is 350 g/mol. The molecule has 2 unspecified atom stereocenters. The number of anilines is 1. The van der Waals surface area contributed by atoms with Crippen LogP contribution in [0.25, 0.3) is 0 Å². The van der Waals surface area contributed by atoms with E-state index in [1.807, 2.05) is 0 Å². The van der Waals surface area contributed by atoms with Crippen LogP contribution in [0.1, 0.15) is 29.6 Å². The third-order valence-corrected chi connectivity index (χ3v) is 6.11. The zero-order valence-corrected chi connectivity index (χ0v) is 15.2. The van der Waals surface area contributed by atoms with Crippen molar-refractivity contribution in [2.75, 3.05) is 11.3 Å². The minimum atomic E-state index is -3.69. The quantitative estimate of drug-likeness (QED) is 0.723. The molecule has 1 fully saturated rings. The zero-order chi connectivity index (χ0) is 18.6. The van der Waals surface area contributed by atoms with Gasteiger partial charge in [-0.15, -0.1) is 0 Å². The molecule has 2 aromatic rings. The van der Waals surface area contributed by atoms with Crippen LogP contribution in [0.3, 0.4) is 0 Å². The number of benzene rings is 2. The molecule has 0 bridgehead atoms. The summed E-state index contributed by atoms with van der Waals surface area (Å²) >= 11 is 0. The number of amides is 1. The van der Waals surface area contributed by atoms with E-state index in [-0.39, 0.29) is 16.8 Å². The van der Waals surface area contributed by atoms with Gasteiger partial charge in [-0.05, 0) is 55.6 Å². The Kier molecular flexibility index (Phi) is 5.58. The van der Waals surface area contributed by atoms with Crippen LogP contribution in [-0.4, -0.2) is 26.9 Å². The highest BCUT2D eigenvalue weighted by molar-refractivity contribution is 7.92. The summed E-state index contributed by atoms with van der Waals surface area (Å²) in [7, 11) is -3.69. The summed E-state index contributed by atoms with van der Waals surface area (Å²) in [5.41, 5.74) is 6.53. The van der Waals surface area contributed by atoms with Crippen LogP contribution < -0.4 is 15.8 Å². The first kappa shape index (κ1) is 18.4. The van der Waals surface area contributed by atoms with E-state index in [1.54, 1.807) is 42.5 Å². The topological polar surface area (TPSA) is 101 Å². The second kappa shape index (κ2) is 7.88. The minimum Gasteiger partial charge on any atom is -0.349 e. The maximum atomic E-state index is 12.5. The lowest BCUT2D eigenvalue weighted by molar-refractivity contribution is 0.0929. The number of hydrogen-bond acceptors (Lipinski definition) is 4. The largest absolute Gasteiger partial charge is 0.349 e. The summed E-state index contributed by atoms with van der Waals surface area (Å²) in [5, 5.41) is 3.02. The number of carbonyl (C=O) groups is 1. The van der Waals surface area contributed by atoms with Gasteiger partial charge in [0.1, 0.15) is 0 Å². The Morgan fingerprint density at radius 1 is 1.08 bits per heavy atom. The molecule has 0 aliphatic heterocycles. The predicted octanol–water partition coefficient (Wildman–Crippen LogP) is 2.34. The average Bonchev–Trinajstić information content (AvgIpc) is 3.09. The molecule has 1 saturated carbocycles. The van der Waals surface area contributed by atoms with Crippen LogP contribution in [0.4, 0.5) is 5.69 Å². The van der Waals surface area contributed by atoms with Crippen LogP contribution >= 0.6 is 0 Å². The molecule has 7 heteroatoms. The van der Waals surface area contributed by atoms with Gasteiger partial charge in [0.05, 0.1) is 4.90 Å². The monoisotopic (exact) mass is 373 g/mol. The molecule has 6 nitrogen and oxygen atoms in total. The van der Waals surface area contributed by atoms with Crippen LogP contribution in [-0.2, 0) is 10.0 Å². The van der Waals surface area contributed by atoms with Gasteiger partial charge in [0.2, 0.25) is 0 Å². The van der Waals surface area contributed by atoms with Gasteiger partial charge in [-0.25, -0.2) is 8.42 Å². The molecule has 0 aromatic heterocycles. The Balaban J connectivity index is 1.73. The van der Waals surface area contributed by atoms with Crippen molar-refractivity contribution in [1.29, 1.82) is 0 Å². The van der Waals surface area contributed by atoms with E-state index < -0.39 is 10.0 Å². The number of carbonyl (C=O) groups excluding carboxylic acids is 1. The SMILES string of the molecule is NCC1CCCC1NC(=O)c1cccc(NS(=O)(=O)c2ccccc2)c1. The van der Waals surface area contributed by atoms with Crippen LogP contribution in [0.15, 0.2) is 59.5 Å². The van der Waals surface area contributed by atoms with Crippen molar-refractivity contribution < 1.29 is 13.2 Å². The molecule has 1 amide bonds. The molecule has 0 radical (unpaired) electrons. The molecule has 3 rings (SSSR count). The number of nitrogens with one attached hydrogen (secondary N) is 2. The summed E-state index contributed by atoms with van der Waals surface area (Å²) in [5.74, 6) is 0.0924. The van der Waals surface area contributed by atoms with Crippen molar-refractivity contribution in [3.05, 3.63) is 60.2 Å².